The van der Waals surface area contributed by atoms with Gasteiger partial charge in [0.1, 0.15) is 17.9 Å². The van der Waals surface area contributed by atoms with Crippen LogP contribution in [0.2, 0.25) is 0 Å². The van der Waals surface area contributed by atoms with Crippen LogP contribution in [0.1, 0.15) is 43.4 Å². The molecule has 0 spiro atoms. The molecule has 7 heteroatoms. The standard InChI is InChI=1S/C21H27N5O2/c1-27-13-17-12-19(26-20(25-17)23-15-24-26)22-14-21(10-4-3-5-11-21)16-6-8-18(28-2)9-7-16/h6-9,12,15,22H,3-5,10-11,13-14H2,1-2H3. The Morgan fingerprint density at radius 2 is 1.89 bits per heavy atom. The molecule has 0 radical (unpaired) electrons. The molecule has 28 heavy (non-hydrogen) atoms. The van der Waals surface area contributed by atoms with Crippen LogP contribution in [0, 0.1) is 0 Å². The zero-order chi connectivity index (χ0) is 19.4. The molecule has 1 aromatic carbocycles. The molecule has 1 aliphatic carbocycles. The highest BCUT2D eigenvalue weighted by atomic mass is 16.5. The van der Waals surface area contributed by atoms with Gasteiger partial charge in [-0.1, -0.05) is 31.4 Å². The van der Waals surface area contributed by atoms with Crippen molar-refractivity contribution < 1.29 is 9.47 Å². The molecule has 1 N–H and O–H groups in total. The maximum absolute atomic E-state index is 5.34. The van der Waals surface area contributed by atoms with Gasteiger partial charge in [0.2, 0.25) is 0 Å². The van der Waals surface area contributed by atoms with Crippen molar-refractivity contribution in [3.8, 4) is 5.75 Å². The molecule has 2 heterocycles. The number of benzene rings is 1. The highest BCUT2D eigenvalue weighted by Crippen LogP contribution is 2.40. The van der Waals surface area contributed by atoms with Crippen LogP contribution < -0.4 is 10.1 Å². The Labute approximate surface area is 165 Å². The quantitative estimate of drug-likeness (QED) is 0.674. The number of hydrogen-bond donors (Lipinski definition) is 1. The molecule has 1 aliphatic rings. The van der Waals surface area contributed by atoms with E-state index >= 15 is 0 Å². The number of hydrogen-bond acceptors (Lipinski definition) is 6. The van der Waals surface area contributed by atoms with Crippen molar-refractivity contribution >= 4 is 11.6 Å². The summed E-state index contributed by atoms with van der Waals surface area (Å²) in [6.45, 7) is 1.28. The van der Waals surface area contributed by atoms with Crippen LogP contribution in [0.3, 0.4) is 0 Å². The van der Waals surface area contributed by atoms with Crippen molar-refractivity contribution in [3.63, 3.8) is 0 Å². The third-order valence-corrected chi connectivity index (χ3v) is 5.72. The average molecular weight is 381 g/mol. The number of nitrogens with one attached hydrogen (secondary N) is 1. The van der Waals surface area contributed by atoms with Gasteiger partial charge in [-0.15, -0.1) is 0 Å². The van der Waals surface area contributed by atoms with E-state index in [1.165, 1.54) is 44.0 Å². The highest BCUT2D eigenvalue weighted by molar-refractivity contribution is 5.46. The molecule has 1 saturated carbocycles. The lowest BCUT2D eigenvalue weighted by Crippen LogP contribution is -2.37. The molecule has 148 valence electrons. The predicted octanol–water partition coefficient (Wildman–Crippen LogP) is 3.59. The van der Waals surface area contributed by atoms with Gasteiger partial charge in [0.05, 0.1) is 19.4 Å². The second-order valence-corrected chi connectivity index (χ2v) is 7.46. The Hall–Kier alpha value is -2.67. The average Bonchev–Trinajstić information content (AvgIpc) is 3.22. The zero-order valence-electron chi connectivity index (χ0n) is 16.5. The maximum Gasteiger partial charge on any atom is 0.254 e. The van der Waals surface area contributed by atoms with Crippen LogP contribution in [0.4, 0.5) is 5.82 Å². The number of aromatic nitrogens is 4. The van der Waals surface area contributed by atoms with E-state index in [1.54, 1.807) is 18.7 Å². The van der Waals surface area contributed by atoms with Crippen LogP contribution in [-0.4, -0.2) is 40.3 Å². The van der Waals surface area contributed by atoms with Gasteiger partial charge in [0, 0.05) is 25.1 Å². The minimum absolute atomic E-state index is 0.0993. The topological polar surface area (TPSA) is 73.6 Å². The summed E-state index contributed by atoms with van der Waals surface area (Å²) in [5.74, 6) is 2.37. The molecule has 0 saturated heterocycles. The van der Waals surface area contributed by atoms with Gasteiger partial charge in [-0.2, -0.15) is 14.6 Å². The summed E-state index contributed by atoms with van der Waals surface area (Å²) in [6.07, 6.45) is 7.67. The van der Waals surface area contributed by atoms with Crippen molar-refractivity contribution in [1.29, 1.82) is 0 Å². The number of ether oxygens (including phenoxy) is 2. The second kappa shape index (κ2) is 8.14. The molecule has 0 bridgehead atoms. The number of nitrogens with zero attached hydrogens (tertiary/aromatic N) is 4. The van der Waals surface area contributed by atoms with Crippen molar-refractivity contribution in [1.82, 2.24) is 19.6 Å². The van der Waals surface area contributed by atoms with E-state index < -0.39 is 0 Å². The van der Waals surface area contributed by atoms with Crippen molar-refractivity contribution in [2.75, 3.05) is 26.1 Å². The molecule has 7 nitrogen and oxygen atoms in total. The van der Waals surface area contributed by atoms with E-state index in [9.17, 15) is 0 Å². The van der Waals surface area contributed by atoms with E-state index in [4.69, 9.17) is 9.47 Å². The summed E-state index contributed by atoms with van der Waals surface area (Å²) >= 11 is 0. The normalized spacial score (nSPS) is 16.2. The lowest BCUT2D eigenvalue weighted by molar-refractivity contribution is 0.181. The zero-order valence-corrected chi connectivity index (χ0v) is 16.5. The SMILES string of the molecule is COCc1cc(NCC2(c3ccc(OC)cc3)CCCCC2)n2ncnc2n1. The third-order valence-electron chi connectivity index (χ3n) is 5.72. The molecule has 0 aliphatic heterocycles. The molecule has 4 rings (SSSR count). The Bertz CT molecular complexity index is 916. The Morgan fingerprint density at radius 1 is 1.11 bits per heavy atom. The molecule has 0 atom stereocenters. The van der Waals surface area contributed by atoms with Crippen molar-refractivity contribution in [3.05, 3.63) is 47.9 Å². The van der Waals surface area contributed by atoms with E-state index in [2.05, 4.69) is 44.6 Å². The van der Waals surface area contributed by atoms with Crippen molar-refractivity contribution in [2.45, 2.75) is 44.1 Å². The minimum atomic E-state index is 0.0993. The van der Waals surface area contributed by atoms with E-state index in [-0.39, 0.29) is 5.41 Å². The Balaban J connectivity index is 1.63. The van der Waals surface area contributed by atoms with Gasteiger partial charge in [-0.3, -0.25) is 0 Å². The Kier molecular flexibility index (Phi) is 5.43. The molecule has 2 aromatic heterocycles. The van der Waals surface area contributed by atoms with Gasteiger partial charge >= 0.3 is 0 Å². The first-order valence-corrected chi connectivity index (χ1v) is 9.81. The van der Waals surface area contributed by atoms with Crippen LogP contribution in [0.5, 0.6) is 5.75 Å². The van der Waals surface area contributed by atoms with Crippen LogP contribution in [0.15, 0.2) is 36.7 Å². The Morgan fingerprint density at radius 3 is 2.61 bits per heavy atom. The first-order chi connectivity index (χ1) is 13.7. The number of anilines is 1. The van der Waals surface area contributed by atoms with Crippen LogP contribution in [-0.2, 0) is 16.8 Å². The van der Waals surface area contributed by atoms with Gasteiger partial charge in [0.25, 0.3) is 5.78 Å². The summed E-state index contributed by atoms with van der Waals surface area (Å²) < 4.78 is 12.3. The molecule has 1 fully saturated rings. The minimum Gasteiger partial charge on any atom is -0.497 e. The summed E-state index contributed by atoms with van der Waals surface area (Å²) in [5.41, 5.74) is 2.30. The monoisotopic (exact) mass is 381 g/mol. The smallest absolute Gasteiger partial charge is 0.254 e. The maximum atomic E-state index is 5.34. The van der Waals surface area contributed by atoms with Crippen LogP contribution >= 0.6 is 0 Å². The first kappa shape index (κ1) is 18.7. The fourth-order valence-electron chi connectivity index (χ4n) is 4.21. The molecule has 0 amide bonds. The second-order valence-electron chi connectivity index (χ2n) is 7.46. The van der Waals surface area contributed by atoms with Gasteiger partial charge in [-0.25, -0.2) is 4.98 Å². The third kappa shape index (κ3) is 3.67. The molecule has 0 unspecified atom stereocenters. The molecular formula is C21H27N5O2. The molecular weight excluding hydrogens is 354 g/mol. The molecule has 3 aromatic rings. The van der Waals surface area contributed by atoms with E-state index in [0.717, 1.165) is 23.8 Å². The summed E-state index contributed by atoms with van der Waals surface area (Å²) in [7, 11) is 3.38. The lowest BCUT2D eigenvalue weighted by atomic mass is 9.69. The number of fused-ring (bicyclic) bond motifs is 1. The fourth-order valence-corrected chi connectivity index (χ4v) is 4.21. The summed E-state index contributed by atoms with van der Waals surface area (Å²) in [6, 6.07) is 10.5. The fraction of sp³-hybridized carbons (Fsp3) is 0.476. The van der Waals surface area contributed by atoms with Gasteiger partial charge in [-0.05, 0) is 30.5 Å². The van der Waals surface area contributed by atoms with Crippen LogP contribution in [0.25, 0.3) is 5.78 Å². The number of methoxy groups -OCH3 is 2. The van der Waals surface area contributed by atoms with Gasteiger partial charge < -0.3 is 14.8 Å². The lowest BCUT2D eigenvalue weighted by Gasteiger charge is -2.38. The van der Waals surface area contributed by atoms with Gasteiger partial charge in [0.15, 0.2) is 0 Å². The summed E-state index contributed by atoms with van der Waals surface area (Å²) in [5, 5.41) is 7.97. The summed E-state index contributed by atoms with van der Waals surface area (Å²) in [4.78, 5) is 8.73. The number of rotatable bonds is 7. The highest BCUT2D eigenvalue weighted by Gasteiger charge is 2.34. The van der Waals surface area contributed by atoms with E-state index in [0.29, 0.717) is 12.4 Å². The predicted molar refractivity (Wildman–Crippen MR) is 108 cm³/mol. The largest absolute Gasteiger partial charge is 0.497 e. The van der Waals surface area contributed by atoms with Crippen molar-refractivity contribution in [2.24, 2.45) is 0 Å². The first-order valence-electron chi connectivity index (χ1n) is 9.81. The van der Waals surface area contributed by atoms with E-state index in [1.807, 2.05) is 6.07 Å².